The Balaban J connectivity index is 1.85. The SMILES string of the molecule is CCCCCCCCCC(C1CCC(N)C(C)C1)C1CCC(N)C(C)C1. The van der Waals surface area contributed by atoms with Gasteiger partial charge in [0.2, 0.25) is 0 Å². The zero-order valence-corrected chi connectivity index (χ0v) is 18.1. The van der Waals surface area contributed by atoms with Crippen molar-refractivity contribution >= 4 is 0 Å². The summed E-state index contributed by atoms with van der Waals surface area (Å²) in [6, 6.07) is 0.897. The van der Waals surface area contributed by atoms with Gasteiger partial charge in [-0.05, 0) is 74.5 Å². The third kappa shape index (κ3) is 6.82. The van der Waals surface area contributed by atoms with E-state index in [9.17, 15) is 0 Å². The molecular formula is C24H48N2. The summed E-state index contributed by atoms with van der Waals surface area (Å²) in [6.45, 7) is 7.08. The van der Waals surface area contributed by atoms with Gasteiger partial charge in [0.15, 0.2) is 0 Å². The molecule has 0 radical (unpaired) electrons. The maximum atomic E-state index is 6.32. The highest BCUT2D eigenvalue weighted by atomic mass is 14.7. The van der Waals surface area contributed by atoms with E-state index in [1.54, 1.807) is 0 Å². The van der Waals surface area contributed by atoms with Crippen LogP contribution in [0.5, 0.6) is 0 Å². The molecule has 0 aliphatic heterocycles. The van der Waals surface area contributed by atoms with Gasteiger partial charge in [0.25, 0.3) is 0 Å². The Morgan fingerprint density at radius 1 is 0.692 bits per heavy atom. The molecule has 0 saturated heterocycles. The van der Waals surface area contributed by atoms with Gasteiger partial charge in [-0.1, -0.05) is 65.7 Å². The van der Waals surface area contributed by atoms with Crippen LogP contribution in [0.1, 0.15) is 111 Å². The molecule has 2 fully saturated rings. The molecule has 0 aromatic rings. The van der Waals surface area contributed by atoms with E-state index in [4.69, 9.17) is 11.5 Å². The summed E-state index contributed by atoms with van der Waals surface area (Å²) in [5, 5.41) is 0. The molecule has 0 aromatic carbocycles. The first-order valence-corrected chi connectivity index (χ1v) is 12.0. The van der Waals surface area contributed by atoms with Gasteiger partial charge in [0.1, 0.15) is 0 Å². The average molecular weight is 365 g/mol. The fourth-order valence-electron chi connectivity index (χ4n) is 5.89. The molecule has 0 bridgehead atoms. The van der Waals surface area contributed by atoms with Crippen LogP contribution in [-0.2, 0) is 0 Å². The summed E-state index contributed by atoms with van der Waals surface area (Å²) in [6.07, 6.45) is 19.5. The van der Waals surface area contributed by atoms with Crippen molar-refractivity contribution in [1.29, 1.82) is 0 Å². The van der Waals surface area contributed by atoms with Crippen LogP contribution >= 0.6 is 0 Å². The first-order valence-electron chi connectivity index (χ1n) is 12.0. The Kier molecular flexibility index (Phi) is 9.99. The molecule has 0 spiro atoms. The fourth-order valence-corrected chi connectivity index (χ4v) is 5.89. The van der Waals surface area contributed by atoms with Crippen molar-refractivity contribution < 1.29 is 0 Å². The second-order valence-electron chi connectivity index (χ2n) is 10.0. The summed E-state index contributed by atoms with van der Waals surface area (Å²) in [5.41, 5.74) is 12.6. The largest absolute Gasteiger partial charge is 0.327 e. The number of hydrogen-bond donors (Lipinski definition) is 2. The van der Waals surface area contributed by atoms with Crippen LogP contribution in [0, 0.1) is 29.6 Å². The fraction of sp³-hybridized carbons (Fsp3) is 1.00. The molecule has 4 N–H and O–H groups in total. The minimum absolute atomic E-state index is 0.448. The van der Waals surface area contributed by atoms with Crippen molar-refractivity contribution in [3.8, 4) is 0 Å². The van der Waals surface area contributed by atoms with Crippen LogP contribution in [0.15, 0.2) is 0 Å². The Hall–Kier alpha value is -0.0800. The lowest BCUT2D eigenvalue weighted by atomic mass is 9.63. The third-order valence-corrected chi connectivity index (χ3v) is 7.90. The molecule has 2 aliphatic rings. The highest BCUT2D eigenvalue weighted by molar-refractivity contribution is 4.90. The molecule has 154 valence electrons. The van der Waals surface area contributed by atoms with Gasteiger partial charge < -0.3 is 11.5 Å². The molecule has 2 nitrogen and oxygen atoms in total. The molecule has 0 heterocycles. The average Bonchev–Trinajstić information content (AvgIpc) is 2.62. The molecule has 2 aliphatic carbocycles. The summed E-state index contributed by atoms with van der Waals surface area (Å²) in [4.78, 5) is 0. The van der Waals surface area contributed by atoms with Crippen LogP contribution in [0.4, 0.5) is 0 Å². The molecule has 0 aromatic heterocycles. The second-order valence-corrected chi connectivity index (χ2v) is 10.0. The van der Waals surface area contributed by atoms with Crippen LogP contribution in [0.2, 0.25) is 0 Å². The van der Waals surface area contributed by atoms with Crippen molar-refractivity contribution in [2.24, 2.45) is 41.1 Å². The molecule has 2 saturated carbocycles. The van der Waals surface area contributed by atoms with Crippen molar-refractivity contribution in [3.63, 3.8) is 0 Å². The summed E-state index contributed by atoms with van der Waals surface area (Å²) in [5.74, 6) is 4.23. The van der Waals surface area contributed by atoms with E-state index in [-0.39, 0.29) is 0 Å². The molecule has 2 rings (SSSR count). The summed E-state index contributed by atoms with van der Waals surface area (Å²) >= 11 is 0. The topological polar surface area (TPSA) is 52.0 Å². The summed E-state index contributed by atoms with van der Waals surface area (Å²) in [7, 11) is 0. The van der Waals surface area contributed by atoms with Gasteiger partial charge in [-0.15, -0.1) is 0 Å². The van der Waals surface area contributed by atoms with Crippen LogP contribution in [-0.4, -0.2) is 12.1 Å². The van der Waals surface area contributed by atoms with E-state index in [0.29, 0.717) is 23.9 Å². The van der Waals surface area contributed by atoms with Crippen molar-refractivity contribution in [2.75, 3.05) is 0 Å². The second kappa shape index (κ2) is 11.7. The minimum atomic E-state index is 0.448. The van der Waals surface area contributed by atoms with Gasteiger partial charge in [-0.25, -0.2) is 0 Å². The quantitative estimate of drug-likeness (QED) is 0.449. The van der Waals surface area contributed by atoms with Gasteiger partial charge in [-0.3, -0.25) is 0 Å². The van der Waals surface area contributed by atoms with Crippen LogP contribution in [0.25, 0.3) is 0 Å². The van der Waals surface area contributed by atoms with Gasteiger partial charge in [0, 0.05) is 12.1 Å². The lowest BCUT2D eigenvalue weighted by molar-refractivity contribution is 0.0868. The maximum Gasteiger partial charge on any atom is 0.00647 e. The van der Waals surface area contributed by atoms with Crippen molar-refractivity contribution in [2.45, 2.75) is 123 Å². The number of unbranched alkanes of at least 4 members (excludes halogenated alkanes) is 6. The van der Waals surface area contributed by atoms with Crippen molar-refractivity contribution in [1.82, 2.24) is 0 Å². The Morgan fingerprint density at radius 3 is 1.62 bits per heavy atom. The van der Waals surface area contributed by atoms with E-state index in [1.807, 2.05) is 0 Å². The Morgan fingerprint density at radius 2 is 1.15 bits per heavy atom. The van der Waals surface area contributed by atoms with Gasteiger partial charge in [0.05, 0.1) is 0 Å². The minimum Gasteiger partial charge on any atom is -0.327 e. The molecule has 0 amide bonds. The zero-order valence-electron chi connectivity index (χ0n) is 18.1. The van der Waals surface area contributed by atoms with E-state index in [0.717, 1.165) is 17.8 Å². The zero-order chi connectivity index (χ0) is 18.9. The number of nitrogens with two attached hydrogens (primary N) is 2. The first kappa shape index (κ1) is 22.2. The molecular weight excluding hydrogens is 316 g/mol. The monoisotopic (exact) mass is 364 g/mol. The smallest absolute Gasteiger partial charge is 0.00647 e. The first-order chi connectivity index (χ1) is 12.5. The van der Waals surface area contributed by atoms with Crippen LogP contribution < -0.4 is 11.5 Å². The standard InChI is InChI=1S/C24H48N2/c1-4-5-6-7-8-9-10-11-22(20-12-14-23(25)18(2)16-20)21-13-15-24(26)19(3)17-21/h18-24H,4-17,25-26H2,1-3H3. The van der Waals surface area contributed by atoms with E-state index < -0.39 is 0 Å². The molecule has 2 heteroatoms. The van der Waals surface area contributed by atoms with Crippen molar-refractivity contribution in [3.05, 3.63) is 0 Å². The lowest BCUT2D eigenvalue weighted by Gasteiger charge is -2.43. The summed E-state index contributed by atoms with van der Waals surface area (Å²) < 4.78 is 0. The number of hydrogen-bond acceptors (Lipinski definition) is 2. The van der Waals surface area contributed by atoms with E-state index in [1.165, 1.54) is 89.9 Å². The highest BCUT2D eigenvalue weighted by Crippen LogP contribution is 2.44. The predicted molar refractivity (Wildman–Crippen MR) is 115 cm³/mol. The van der Waals surface area contributed by atoms with Crippen LogP contribution in [0.3, 0.4) is 0 Å². The van der Waals surface area contributed by atoms with Gasteiger partial charge >= 0.3 is 0 Å². The molecule has 6 unspecified atom stereocenters. The normalized spacial score (nSPS) is 36.8. The lowest BCUT2D eigenvalue weighted by Crippen LogP contribution is -2.41. The molecule has 6 atom stereocenters. The van der Waals surface area contributed by atoms with Gasteiger partial charge in [-0.2, -0.15) is 0 Å². The maximum absolute atomic E-state index is 6.32. The number of rotatable bonds is 10. The Bertz CT molecular complexity index is 343. The molecule has 26 heavy (non-hydrogen) atoms. The Labute approximate surface area is 164 Å². The third-order valence-electron chi connectivity index (χ3n) is 7.90. The van der Waals surface area contributed by atoms with E-state index in [2.05, 4.69) is 20.8 Å². The highest BCUT2D eigenvalue weighted by Gasteiger charge is 2.37. The predicted octanol–water partition coefficient (Wildman–Crippen LogP) is 6.27. The van der Waals surface area contributed by atoms with E-state index >= 15 is 0 Å².